The molecule has 2 bridgehead atoms. The molecule has 0 aromatic rings. The summed E-state index contributed by atoms with van der Waals surface area (Å²) < 4.78 is 0. The van der Waals surface area contributed by atoms with Gasteiger partial charge in [-0.05, 0) is 25.7 Å². The Labute approximate surface area is 99.1 Å². The SMILES string of the molecule is O=C1CSCC(=O)N1C1CC2CCC(C1)N2. The number of hydrogen-bond donors (Lipinski definition) is 1. The summed E-state index contributed by atoms with van der Waals surface area (Å²) in [5, 5.41) is 3.53. The van der Waals surface area contributed by atoms with Crippen LogP contribution in [0, 0.1) is 0 Å². The third-order valence-electron chi connectivity index (χ3n) is 3.80. The Balaban J connectivity index is 1.76. The lowest BCUT2D eigenvalue weighted by Gasteiger charge is -2.38. The summed E-state index contributed by atoms with van der Waals surface area (Å²) in [6.45, 7) is 0. The van der Waals surface area contributed by atoms with E-state index in [0.29, 0.717) is 23.6 Å². The van der Waals surface area contributed by atoms with E-state index in [1.54, 1.807) is 4.90 Å². The Morgan fingerprint density at radius 1 is 1.06 bits per heavy atom. The van der Waals surface area contributed by atoms with Crippen molar-refractivity contribution in [3.05, 3.63) is 0 Å². The van der Waals surface area contributed by atoms with E-state index in [1.807, 2.05) is 0 Å². The molecule has 3 fully saturated rings. The van der Waals surface area contributed by atoms with Crippen LogP contribution >= 0.6 is 11.8 Å². The van der Waals surface area contributed by atoms with E-state index in [9.17, 15) is 9.59 Å². The number of carbonyl (C=O) groups is 2. The molecule has 4 nitrogen and oxygen atoms in total. The molecule has 1 N–H and O–H groups in total. The van der Waals surface area contributed by atoms with Crippen LogP contribution < -0.4 is 5.32 Å². The number of carbonyl (C=O) groups excluding carboxylic acids is 2. The number of piperidine rings is 1. The zero-order chi connectivity index (χ0) is 11.1. The maximum Gasteiger partial charge on any atom is 0.239 e. The van der Waals surface area contributed by atoms with E-state index in [2.05, 4.69) is 5.32 Å². The zero-order valence-electron chi connectivity index (χ0n) is 9.15. The summed E-state index contributed by atoms with van der Waals surface area (Å²) in [7, 11) is 0. The summed E-state index contributed by atoms with van der Waals surface area (Å²) in [5.41, 5.74) is 0. The quantitative estimate of drug-likeness (QED) is 0.673. The first-order valence-electron chi connectivity index (χ1n) is 5.92. The smallest absolute Gasteiger partial charge is 0.239 e. The van der Waals surface area contributed by atoms with Crippen molar-refractivity contribution in [3.63, 3.8) is 0 Å². The summed E-state index contributed by atoms with van der Waals surface area (Å²) in [4.78, 5) is 25.2. The highest BCUT2D eigenvalue weighted by atomic mass is 32.2. The van der Waals surface area contributed by atoms with Gasteiger partial charge in [0.1, 0.15) is 0 Å². The average Bonchev–Trinajstić information content (AvgIpc) is 2.58. The number of thioether (sulfide) groups is 1. The van der Waals surface area contributed by atoms with Crippen molar-refractivity contribution < 1.29 is 9.59 Å². The monoisotopic (exact) mass is 240 g/mol. The highest BCUT2D eigenvalue weighted by Crippen LogP contribution is 2.31. The minimum Gasteiger partial charge on any atom is -0.311 e. The van der Waals surface area contributed by atoms with E-state index >= 15 is 0 Å². The number of nitrogens with one attached hydrogen (secondary N) is 1. The Kier molecular flexibility index (Phi) is 2.67. The summed E-state index contributed by atoms with van der Waals surface area (Å²) in [5.74, 6) is 0.996. The number of imide groups is 1. The summed E-state index contributed by atoms with van der Waals surface area (Å²) in [6, 6.07) is 1.22. The third kappa shape index (κ3) is 1.76. The van der Waals surface area contributed by atoms with Gasteiger partial charge in [-0.25, -0.2) is 0 Å². The van der Waals surface area contributed by atoms with Crippen molar-refractivity contribution in [2.45, 2.75) is 43.8 Å². The lowest BCUT2D eigenvalue weighted by atomic mass is 9.98. The molecule has 0 spiro atoms. The van der Waals surface area contributed by atoms with Crippen molar-refractivity contribution in [2.24, 2.45) is 0 Å². The van der Waals surface area contributed by atoms with Gasteiger partial charge in [-0.15, -0.1) is 11.8 Å². The molecule has 2 atom stereocenters. The first kappa shape index (κ1) is 10.6. The fourth-order valence-corrected chi connectivity index (χ4v) is 3.88. The molecule has 3 aliphatic rings. The van der Waals surface area contributed by atoms with Crippen LogP contribution in [0.15, 0.2) is 0 Å². The molecule has 0 saturated carbocycles. The molecule has 0 radical (unpaired) electrons. The van der Waals surface area contributed by atoms with E-state index in [-0.39, 0.29) is 17.9 Å². The van der Waals surface area contributed by atoms with Crippen LogP contribution in [0.3, 0.4) is 0 Å². The zero-order valence-corrected chi connectivity index (χ0v) is 9.96. The molecule has 3 aliphatic heterocycles. The van der Waals surface area contributed by atoms with Gasteiger partial charge in [-0.3, -0.25) is 14.5 Å². The van der Waals surface area contributed by atoms with Crippen LogP contribution in [0.4, 0.5) is 0 Å². The first-order valence-corrected chi connectivity index (χ1v) is 7.08. The van der Waals surface area contributed by atoms with Gasteiger partial charge in [-0.2, -0.15) is 0 Å². The maximum atomic E-state index is 11.8. The topological polar surface area (TPSA) is 49.4 Å². The first-order chi connectivity index (χ1) is 7.74. The molecular formula is C11H16N2O2S. The largest absolute Gasteiger partial charge is 0.311 e. The molecule has 2 amide bonds. The highest BCUT2D eigenvalue weighted by molar-refractivity contribution is 8.00. The lowest BCUT2D eigenvalue weighted by Crippen LogP contribution is -2.54. The Morgan fingerprint density at radius 3 is 2.19 bits per heavy atom. The molecule has 0 aromatic carbocycles. The van der Waals surface area contributed by atoms with E-state index in [4.69, 9.17) is 0 Å². The normalized spacial score (nSPS) is 39.2. The van der Waals surface area contributed by atoms with E-state index < -0.39 is 0 Å². The average molecular weight is 240 g/mol. The number of amides is 2. The lowest BCUT2D eigenvalue weighted by molar-refractivity contribution is -0.145. The van der Waals surface area contributed by atoms with Crippen LogP contribution in [0.5, 0.6) is 0 Å². The minimum atomic E-state index is 0.0209. The fraction of sp³-hybridized carbons (Fsp3) is 0.818. The van der Waals surface area contributed by atoms with Crippen LogP contribution in [0.1, 0.15) is 25.7 Å². The number of nitrogens with zero attached hydrogens (tertiary/aromatic N) is 1. The van der Waals surface area contributed by atoms with Crippen LogP contribution in [-0.4, -0.2) is 46.3 Å². The van der Waals surface area contributed by atoms with Crippen LogP contribution in [0.2, 0.25) is 0 Å². The molecule has 0 aromatic heterocycles. The van der Waals surface area contributed by atoms with Crippen LogP contribution in [-0.2, 0) is 9.59 Å². The number of fused-ring (bicyclic) bond motifs is 2. The fourth-order valence-electron chi connectivity index (χ4n) is 3.15. The number of rotatable bonds is 1. The van der Waals surface area contributed by atoms with Gasteiger partial charge in [-0.1, -0.05) is 0 Å². The maximum absolute atomic E-state index is 11.8. The van der Waals surface area contributed by atoms with Crippen molar-refractivity contribution in [2.75, 3.05) is 11.5 Å². The molecule has 3 heterocycles. The minimum absolute atomic E-state index is 0.0209. The van der Waals surface area contributed by atoms with Crippen LogP contribution in [0.25, 0.3) is 0 Å². The second-order valence-electron chi connectivity index (χ2n) is 4.91. The van der Waals surface area contributed by atoms with E-state index in [0.717, 1.165) is 12.8 Å². The summed E-state index contributed by atoms with van der Waals surface area (Å²) in [6.07, 6.45) is 4.32. The Hall–Kier alpha value is -0.550. The second kappa shape index (κ2) is 4.04. The molecule has 3 saturated heterocycles. The summed E-state index contributed by atoms with van der Waals surface area (Å²) >= 11 is 1.44. The van der Waals surface area contributed by atoms with Gasteiger partial charge in [0, 0.05) is 18.1 Å². The molecule has 5 heteroatoms. The van der Waals surface area contributed by atoms with Gasteiger partial charge in [0.15, 0.2) is 0 Å². The van der Waals surface area contributed by atoms with Crippen molar-refractivity contribution in [3.8, 4) is 0 Å². The Bertz CT molecular complexity index is 306. The predicted octanol–water partition coefficient (Wildman–Crippen LogP) is 0.371. The molecular weight excluding hydrogens is 224 g/mol. The predicted molar refractivity (Wildman–Crippen MR) is 62.1 cm³/mol. The third-order valence-corrected chi connectivity index (χ3v) is 4.70. The standard InChI is InChI=1S/C11H16N2O2S/c14-10-5-16-6-11(15)13(10)9-3-7-1-2-8(4-9)12-7/h7-9,12H,1-6H2. The van der Waals surface area contributed by atoms with Crippen molar-refractivity contribution >= 4 is 23.6 Å². The molecule has 2 unspecified atom stereocenters. The van der Waals surface area contributed by atoms with Crippen molar-refractivity contribution in [1.82, 2.24) is 10.2 Å². The van der Waals surface area contributed by atoms with Gasteiger partial charge >= 0.3 is 0 Å². The molecule has 16 heavy (non-hydrogen) atoms. The van der Waals surface area contributed by atoms with Gasteiger partial charge in [0.2, 0.25) is 11.8 Å². The van der Waals surface area contributed by atoms with Gasteiger partial charge < -0.3 is 5.32 Å². The highest BCUT2D eigenvalue weighted by Gasteiger charge is 2.40. The van der Waals surface area contributed by atoms with Crippen molar-refractivity contribution in [1.29, 1.82) is 0 Å². The Morgan fingerprint density at radius 2 is 1.62 bits per heavy atom. The molecule has 0 aliphatic carbocycles. The van der Waals surface area contributed by atoms with Gasteiger partial charge in [0.05, 0.1) is 11.5 Å². The van der Waals surface area contributed by atoms with E-state index in [1.165, 1.54) is 24.6 Å². The second-order valence-corrected chi connectivity index (χ2v) is 5.90. The molecule has 88 valence electrons. The molecule has 3 rings (SSSR count). The van der Waals surface area contributed by atoms with Gasteiger partial charge in [0.25, 0.3) is 0 Å². The number of hydrogen-bond acceptors (Lipinski definition) is 4.